The first-order chi connectivity index (χ1) is 14.9. The Bertz CT molecular complexity index is 1070. The van der Waals surface area contributed by atoms with E-state index in [4.69, 9.17) is 0 Å². The van der Waals surface area contributed by atoms with Crippen molar-refractivity contribution in [3.8, 4) is 0 Å². The number of piperidine rings is 1. The highest BCUT2D eigenvalue weighted by atomic mass is 32.2. The molecule has 164 valence electrons. The summed E-state index contributed by atoms with van der Waals surface area (Å²) in [5.41, 5.74) is 1.58. The smallest absolute Gasteiger partial charge is 0.243 e. The molecule has 0 spiro atoms. The van der Waals surface area contributed by atoms with Crippen molar-refractivity contribution in [2.24, 2.45) is 5.92 Å². The van der Waals surface area contributed by atoms with Gasteiger partial charge in [0.05, 0.1) is 10.6 Å². The standard InChI is InChI=1S/C22H25N3O4S2/c26-21-10-13-30-20-7-6-18(14-19(20)24-21)31(28,29)25-11-8-17(9-12-25)22(27)23-15-16-4-2-1-3-5-16/h1-7,14,17H,8-13,15H2,(H,23,27)(H,24,26). The minimum Gasteiger partial charge on any atom is -0.352 e. The predicted molar refractivity (Wildman–Crippen MR) is 120 cm³/mol. The van der Waals surface area contributed by atoms with Crippen LogP contribution in [0.15, 0.2) is 58.3 Å². The Labute approximate surface area is 186 Å². The number of benzene rings is 2. The zero-order valence-electron chi connectivity index (χ0n) is 17.0. The topological polar surface area (TPSA) is 95.6 Å². The minimum atomic E-state index is -3.69. The molecule has 0 atom stereocenters. The molecule has 0 saturated carbocycles. The fourth-order valence-electron chi connectivity index (χ4n) is 3.80. The molecule has 4 rings (SSSR count). The van der Waals surface area contributed by atoms with Gasteiger partial charge in [-0.05, 0) is 36.6 Å². The van der Waals surface area contributed by atoms with Gasteiger partial charge in [0.2, 0.25) is 21.8 Å². The molecule has 2 heterocycles. The molecule has 0 unspecified atom stereocenters. The first kappa shape index (κ1) is 21.9. The Kier molecular flexibility index (Phi) is 6.64. The molecule has 31 heavy (non-hydrogen) atoms. The summed E-state index contributed by atoms with van der Waals surface area (Å²) in [7, 11) is -3.69. The number of rotatable bonds is 5. The fraction of sp³-hybridized carbons (Fsp3) is 0.364. The van der Waals surface area contributed by atoms with E-state index in [9.17, 15) is 18.0 Å². The molecule has 2 aliphatic rings. The van der Waals surface area contributed by atoms with Gasteiger partial charge in [-0.25, -0.2) is 8.42 Å². The van der Waals surface area contributed by atoms with Crippen molar-refractivity contribution in [2.75, 3.05) is 24.2 Å². The minimum absolute atomic E-state index is 0.0364. The molecular formula is C22H25N3O4S2. The molecule has 2 N–H and O–H groups in total. The van der Waals surface area contributed by atoms with Gasteiger partial charge >= 0.3 is 0 Å². The molecule has 2 aliphatic heterocycles. The van der Waals surface area contributed by atoms with Gasteiger partial charge in [-0.3, -0.25) is 9.59 Å². The van der Waals surface area contributed by atoms with E-state index in [0.717, 1.165) is 10.5 Å². The number of amides is 2. The maximum Gasteiger partial charge on any atom is 0.243 e. The van der Waals surface area contributed by atoms with E-state index in [1.165, 1.54) is 16.1 Å². The van der Waals surface area contributed by atoms with Crippen LogP contribution < -0.4 is 10.6 Å². The lowest BCUT2D eigenvalue weighted by Gasteiger charge is -2.30. The number of hydrogen-bond acceptors (Lipinski definition) is 5. The summed E-state index contributed by atoms with van der Waals surface area (Å²) >= 11 is 1.54. The van der Waals surface area contributed by atoms with E-state index < -0.39 is 10.0 Å². The summed E-state index contributed by atoms with van der Waals surface area (Å²) in [6.07, 6.45) is 1.37. The van der Waals surface area contributed by atoms with Gasteiger partial charge in [-0.1, -0.05) is 30.3 Å². The number of nitrogens with one attached hydrogen (secondary N) is 2. The van der Waals surface area contributed by atoms with Gasteiger partial charge in [0.15, 0.2) is 0 Å². The Morgan fingerprint density at radius 3 is 2.61 bits per heavy atom. The summed E-state index contributed by atoms with van der Waals surface area (Å²) in [4.78, 5) is 25.4. The molecule has 2 aromatic rings. The van der Waals surface area contributed by atoms with E-state index in [1.807, 2.05) is 30.3 Å². The van der Waals surface area contributed by atoms with Crippen LogP contribution in [0.4, 0.5) is 5.69 Å². The number of thioether (sulfide) groups is 1. The Balaban J connectivity index is 1.38. The fourth-order valence-corrected chi connectivity index (χ4v) is 6.23. The Hall–Kier alpha value is -2.36. The quantitative estimate of drug-likeness (QED) is 0.717. The van der Waals surface area contributed by atoms with E-state index >= 15 is 0 Å². The third kappa shape index (κ3) is 5.11. The lowest BCUT2D eigenvalue weighted by Crippen LogP contribution is -2.42. The van der Waals surface area contributed by atoms with Crippen LogP contribution in [-0.2, 0) is 26.2 Å². The van der Waals surface area contributed by atoms with Gasteiger partial charge in [0.1, 0.15) is 0 Å². The van der Waals surface area contributed by atoms with Crippen LogP contribution >= 0.6 is 11.8 Å². The number of sulfonamides is 1. The van der Waals surface area contributed by atoms with Crippen LogP contribution in [0.25, 0.3) is 0 Å². The zero-order chi connectivity index (χ0) is 21.8. The van der Waals surface area contributed by atoms with Crippen LogP contribution in [-0.4, -0.2) is 43.4 Å². The highest BCUT2D eigenvalue weighted by Gasteiger charge is 2.32. The number of fused-ring (bicyclic) bond motifs is 1. The lowest BCUT2D eigenvalue weighted by atomic mass is 9.97. The van der Waals surface area contributed by atoms with Crippen LogP contribution in [0.2, 0.25) is 0 Å². The highest BCUT2D eigenvalue weighted by molar-refractivity contribution is 7.99. The largest absolute Gasteiger partial charge is 0.352 e. The van der Waals surface area contributed by atoms with Crippen molar-refractivity contribution in [1.82, 2.24) is 9.62 Å². The molecule has 0 aromatic heterocycles. The maximum absolute atomic E-state index is 13.1. The summed E-state index contributed by atoms with van der Waals surface area (Å²) < 4.78 is 27.7. The normalized spacial score (nSPS) is 18.0. The molecule has 0 radical (unpaired) electrons. The third-order valence-electron chi connectivity index (χ3n) is 5.58. The average molecular weight is 460 g/mol. The summed E-state index contributed by atoms with van der Waals surface area (Å²) in [6.45, 7) is 1.06. The second-order valence-corrected chi connectivity index (χ2v) is 10.8. The van der Waals surface area contributed by atoms with E-state index in [-0.39, 0.29) is 22.6 Å². The van der Waals surface area contributed by atoms with Crippen LogP contribution in [0.1, 0.15) is 24.8 Å². The van der Waals surface area contributed by atoms with Crippen molar-refractivity contribution in [1.29, 1.82) is 0 Å². The molecule has 0 bridgehead atoms. The van der Waals surface area contributed by atoms with Crippen LogP contribution in [0, 0.1) is 5.92 Å². The first-order valence-corrected chi connectivity index (χ1v) is 12.7. The predicted octanol–water partition coefficient (Wildman–Crippen LogP) is 2.84. The summed E-state index contributed by atoms with van der Waals surface area (Å²) in [6, 6.07) is 14.6. The number of nitrogens with zero attached hydrogens (tertiary/aromatic N) is 1. The van der Waals surface area contributed by atoms with E-state index in [2.05, 4.69) is 10.6 Å². The van der Waals surface area contributed by atoms with Crippen molar-refractivity contribution in [3.05, 3.63) is 54.1 Å². The van der Waals surface area contributed by atoms with Gasteiger partial charge in [0.25, 0.3) is 0 Å². The lowest BCUT2D eigenvalue weighted by molar-refractivity contribution is -0.126. The van der Waals surface area contributed by atoms with Crippen molar-refractivity contribution >= 4 is 39.3 Å². The number of carbonyl (C=O) groups is 2. The Morgan fingerprint density at radius 1 is 1.13 bits per heavy atom. The first-order valence-electron chi connectivity index (χ1n) is 10.3. The van der Waals surface area contributed by atoms with Gasteiger partial charge in [-0.15, -0.1) is 11.8 Å². The highest BCUT2D eigenvalue weighted by Crippen LogP contribution is 2.34. The van der Waals surface area contributed by atoms with Gasteiger partial charge in [0, 0.05) is 42.6 Å². The number of hydrogen-bond donors (Lipinski definition) is 2. The molecular weight excluding hydrogens is 434 g/mol. The van der Waals surface area contributed by atoms with Gasteiger partial charge in [-0.2, -0.15) is 4.31 Å². The molecule has 9 heteroatoms. The van der Waals surface area contributed by atoms with Crippen molar-refractivity contribution in [3.63, 3.8) is 0 Å². The Morgan fingerprint density at radius 2 is 1.87 bits per heavy atom. The van der Waals surface area contributed by atoms with Gasteiger partial charge < -0.3 is 10.6 Å². The average Bonchev–Trinajstić information content (AvgIpc) is 2.98. The second-order valence-electron chi connectivity index (χ2n) is 7.69. The number of carbonyl (C=O) groups excluding carboxylic acids is 2. The molecule has 2 aromatic carbocycles. The molecule has 1 fully saturated rings. The maximum atomic E-state index is 13.1. The second kappa shape index (κ2) is 9.42. The van der Waals surface area contributed by atoms with Crippen LogP contribution in [0.3, 0.4) is 0 Å². The molecule has 0 aliphatic carbocycles. The number of anilines is 1. The summed E-state index contributed by atoms with van der Waals surface area (Å²) in [5.74, 6) is 0.330. The van der Waals surface area contributed by atoms with Crippen molar-refractivity contribution in [2.45, 2.75) is 35.6 Å². The van der Waals surface area contributed by atoms with Crippen molar-refractivity contribution < 1.29 is 18.0 Å². The monoisotopic (exact) mass is 459 g/mol. The third-order valence-corrected chi connectivity index (χ3v) is 8.55. The molecule has 2 amide bonds. The molecule has 7 nitrogen and oxygen atoms in total. The summed E-state index contributed by atoms with van der Waals surface area (Å²) in [5, 5.41) is 5.74. The molecule has 1 saturated heterocycles. The SMILES string of the molecule is O=C1CCSc2ccc(S(=O)(=O)N3CCC(C(=O)NCc4ccccc4)CC3)cc2N1. The zero-order valence-corrected chi connectivity index (χ0v) is 18.7. The van der Waals surface area contributed by atoms with E-state index in [0.29, 0.717) is 50.3 Å². The van der Waals surface area contributed by atoms with Crippen LogP contribution in [0.5, 0.6) is 0 Å². The van der Waals surface area contributed by atoms with E-state index in [1.54, 1.807) is 18.2 Å².